The van der Waals surface area contributed by atoms with Crippen LogP contribution < -0.4 is 0 Å². The number of hydrogen-bond acceptors (Lipinski definition) is 3. The zero-order valence-corrected chi connectivity index (χ0v) is 13.6. The molecule has 0 aliphatic heterocycles. The van der Waals surface area contributed by atoms with Gasteiger partial charge >= 0.3 is 0 Å². The Labute approximate surface area is 133 Å². The van der Waals surface area contributed by atoms with Gasteiger partial charge in [-0.2, -0.15) is 0 Å². The van der Waals surface area contributed by atoms with Gasteiger partial charge in [-0.3, -0.25) is 4.79 Å². The average Bonchev–Trinajstić information content (AvgIpc) is 2.94. The van der Waals surface area contributed by atoms with E-state index >= 15 is 0 Å². The van der Waals surface area contributed by atoms with E-state index in [-0.39, 0.29) is 5.91 Å². The van der Waals surface area contributed by atoms with E-state index in [1.165, 1.54) is 11.3 Å². The Morgan fingerprint density at radius 2 is 1.95 bits per heavy atom. The van der Waals surface area contributed by atoms with Gasteiger partial charge in [-0.25, -0.2) is 0 Å². The lowest BCUT2D eigenvalue weighted by molar-refractivity contribution is 0.0773. The van der Waals surface area contributed by atoms with Gasteiger partial charge in [0.2, 0.25) is 0 Å². The molecule has 1 N–H and O–H groups in total. The SMILES string of the molecule is CC(O)CCN(C)C(=O)c1ccc(-c2ccc(Cl)cc2)s1. The van der Waals surface area contributed by atoms with E-state index < -0.39 is 6.10 Å². The molecule has 2 aromatic rings. The summed E-state index contributed by atoms with van der Waals surface area (Å²) in [5.41, 5.74) is 1.05. The fourth-order valence-corrected chi connectivity index (χ4v) is 3.02. The molecule has 2 rings (SSSR count). The highest BCUT2D eigenvalue weighted by atomic mass is 35.5. The van der Waals surface area contributed by atoms with Gasteiger partial charge < -0.3 is 10.0 Å². The van der Waals surface area contributed by atoms with Crippen LogP contribution in [-0.2, 0) is 0 Å². The molecule has 0 bridgehead atoms. The first-order chi connectivity index (χ1) is 9.97. The highest BCUT2D eigenvalue weighted by Crippen LogP contribution is 2.29. The summed E-state index contributed by atoms with van der Waals surface area (Å²) in [5, 5.41) is 9.98. The molecule has 1 heterocycles. The molecular formula is C16H18ClNO2S. The highest BCUT2D eigenvalue weighted by molar-refractivity contribution is 7.17. The molecule has 0 aliphatic rings. The number of rotatable bonds is 5. The zero-order chi connectivity index (χ0) is 15.4. The van der Waals surface area contributed by atoms with Crippen LogP contribution in [0.25, 0.3) is 10.4 Å². The number of nitrogens with zero attached hydrogens (tertiary/aromatic N) is 1. The molecule has 1 aromatic heterocycles. The van der Waals surface area contributed by atoms with Crippen molar-refractivity contribution >= 4 is 28.8 Å². The zero-order valence-electron chi connectivity index (χ0n) is 12.0. The third-order valence-electron chi connectivity index (χ3n) is 3.17. The van der Waals surface area contributed by atoms with Gasteiger partial charge in [0, 0.05) is 23.5 Å². The van der Waals surface area contributed by atoms with Crippen LogP contribution in [0.1, 0.15) is 23.0 Å². The number of carbonyl (C=O) groups excluding carboxylic acids is 1. The van der Waals surface area contributed by atoms with Gasteiger partial charge in [-0.15, -0.1) is 11.3 Å². The Balaban J connectivity index is 2.08. The van der Waals surface area contributed by atoms with Gasteiger partial charge in [-0.05, 0) is 43.2 Å². The van der Waals surface area contributed by atoms with Crippen molar-refractivity contribution in [2.24, 2.45) is 0 Å². The number of benzene rings is 1. The Morgan fingerprint density at radius 1 is 1.29 bits per heavy atom. The van der Waals surface area contributed by atoms with Crippen molar-refractivity contribution in [1.82, 2.24) is 4.90 Å². The largest absolute Gasteiger partial charge is 0.393 e. The van der Waals surface area contributed by atoms with Crippen molar-refractivity contribution in [2.75, 3.05) is 13.6 Å². The topological polar surface area (TPSA) is 40.5 Å². The molecule has 0 saturated carbocycles. The minimum Gasteiger partial charge on any atom is -0.393 e. The third-order valence-corrected chi connectivity index (χ3v) is 4.55. The molecule has 0 spiro atoms. The van der Waals surface area contributed by atoms with Gasteiger partial charge in [0.15, 0.2) is 0 Å². The van der Waals surface area contributed by atoms with Crippen molar-refractivity contribution in [1.29, 1.82) is 0 Å². The summed E-state index contributed by atoms with van der Waals surface area (Å²) >= 11 is 7.34. The lowest BCUT2D eigenvalue weighted by Crippen LogP contribution is -2.28. The fraction of sp³-hybridized carbons (Fsp3) is 0.312. The molecule has 1 unspecified atom stereocenters. The second-order valence-electron chi connectivity index (χ2n) is 5.04. The smallest absolute Gasteiger partial charge is 0.263 e. The van der Waals surface area contributed by atoms with E-state index in [0.717, 1.165) is 10.4 Å². The number of aliphatic hydroxyl groups is 1. The van der Waals surface area contributed by atoms with E-state index in [1.54, 1.807) is 18.9 Å². The lowest BCUT2D eigenvalue weighted by Gasteiger charge is -2.16. The number of halogens is 1. The van der Waals surface area contributed by atoms with Crippen LogP contribution in [0, 0.1) is 0 Å². The van der Waals surface area contributed by atoms with E-state index in [1.807, 2.05) is 36.4 Å². The summed E-state index contributed by atoms with van der Waals surface area (Å²) in [6, 6.07) is 11.4. The summed E-state index contributed by atoms with van der Waals surface area (Å²) in [7, 11) is 1.76. The maximum atomic E-state index is 12.3. The van der Waals surface area contributed by atoms with Crippen LogP contribution in [0.2, 0.25) is 5.02 Å². The predicted molar refractivity (Wildman–Crippen MR) is 88.0 cm³/mol. The summed E-state index contributed by atoms with van der Waals surface area (Å²) < 4.78 is 0. The lowest BCUT2D eigenvalue weighted by atomic mass is 10.2. The number of hydrogen-bond donors (Lipinski definition) is 1. The summed E-state index contributed by atoms with van der Waals surface area (Å²) in [5.74, 6) is -0.0131. The predicted octanol–water partition coefficient (Wildman–Crippen LogP) is 3.91. The Bertz CT molecular complexity index is 607. The van der Waals surface area contributed by atoms with Crippen molar-refractivity contribution in [2.45, 2.75) is 19.4 Å². The van der Waals surface area contributed by atoms with Crippen molar-refractivity contribution in [3.8, 4) is 10.4 Å². The number of carbonyl (C=O) groups is 1. The summed E-state index contributed by atoms with van der Waals surface area (Å²) in [4.78, 5) is 15.7. The van der Waals surface area contributed by atoms with Crippen LogP contribution >= 0.6 is 22.9 Å². The van der Waals surface area contributed by atoms with Crippen molar-refractivity contribution < 1.29 is 9.90 Å². The molecule has 1 aromatic carbocycles. The monoisotopic (exact) mass is 323 g/mol. The first-order valence-electron chi connectivity index (χ1n) is 6.76. The Morgan fingerprint density at radius 3 is 2.57 bits per heavy atom. The number of amides is 1. The van der Waals surface area contributed by atoms with Crippen LogP contribution in [-0.4, -0.2) is 35.6 Å². The van der Waals surface area contributed by atoms with E-state index in [4.69, 9.17) is 11.6 Å². The second-order valence-corrected chi connectivity index (χ2v) is 6.56. The molecule has 3 nitrogen and oxygen atoms in total. The third kappa shape index (κ3) is 4.30. The number of thiophene rings is 1. The molecule has 112 valence electrons. The molecule has 0 radical (unpaired) electrons. The fourth-order valence-electron chi connectivity index (χ4n) is 1.89. The quantitative estimate of drug-likeness (QED) is 0.906. The molecule has 1 amide bonds. The van der Waals surface area contributed by atoms with E-state index in [9.17, 15) is 9.90 Å². The molecule has 21 heavy (non-hydrogen) atoms. The Hall–Kier alpha value is -1.36. The van der Waals surface area contributed by atoms with Crippen LogP contribution in [0.3, 0.4) is 0 Å². The summed E-state index contributed by atoms with van der Waals surface area (Å²) in [6.45, 7) is 2.27. The first kappa shape index (κ1) is 16.0. The van der Waals surface area contributed by atoms with Crippen LogP contribution in [0.4, 0.5) is 0 Å². The van der Waals surface area contributed by atoms with E-state index in [2.05, 4.69) is 0 Å². The minimum atomic E-state index is -0.395. The van der Waals surface area contributed by atoms with Crippen LogP contribution in [0.15, 0.2) is 36.4 Å². The molecule has 0 aliphatic carbocycles. The van der Waals surface area contributed by atoms with Gasteiger partial charge in [-0.1, -0.05) is 23.7 Å². The maximum Gasteiger partial charge on any atom is 0.263 e. The first-order valence-corrected chi connectivity index (χ1v) is 7.96. The average molecular weight is 324 g/mol. The number of aliphatic hydroxyl groups excluding tert-OH is 1. The van der Waals surface area contributed by atoms with Gasteiger partial charge in [0.25, 0.3) is 5.91 Å². The molecule has 0 fully saturated rings. The van der Waals surface area contributed by atoms with Crippen molar-refractivity contribution in [3.63, 3.8) is 0 Å². The van der Waals surface area contributed by atoms with Gasteiger partial charge in [0.05, 0.1) is 11.0 Å². The van der Waals surface area contributed by atoms with E-state index in [0.29, 0.717) is 22.9 Å². The van der Waals surface area contributed by atoms with Gasteiger partial charge in [0.1, 0.15) is 0 Å². The highest BCUT2D eigenvalue weighted by Gasteiger charge is 2.15. The molecular weight excluding hydrogens is 306 g/mol. The summed E-state index contributed by atoms with van der Waals surface area (Å²) in [6.07, 6.45) is 0.186. The maximum absolute atomic E-state index is 12.3. The second kappa shape index (κ2) is 7.07. The molecule has 0 saturated heterocycles. The molecule has 1 atom stereocenters. The van der Waals surface area contributed by atoms with Crippen LogP contribution in [0.5, 0.6) is 0 Å². The standard InChI is InChI=1S/C16H18ClNO2S/c1-11(19)9-10-18(2)16(20)15-8-7-14(21-15)12-3-5-13(17)6-4-12/h3-8,11,19H,9-10H2,1-2H3. The normalized spacial score (nSPS) is 12.2. The Kier molecular flexibility index (Phi) is 5.39. The van der Waals surface area contributed by atoms with Crippen molar-refractivity contribution in [3.05, 3.63) is 46.3 Å². The minimum absolute atomic E-state index is 0.0131. The molecule has 5 heteroatoms.